The molecule has 0 spiro atoms. The van der Waals surface area contributed by atoms with E-state index < -0.39 is 0 Å². The second-order valence-corrected chi connectivity index (χ2v) is 8.24. The zero-order valence-electron chi connectivity index (χ0n) is 12.1. The lowest BCUT2D eigenvalue weighted by molar-refractivity contribution is -0.140. The number of benzene rings is 1. The number of hydrogen-bond acceptors (Lipinski definition) is 2. The normalized spacial score (nSPS) is 36.7. The van der Waals surface area contributed by atoms with Gasteiger partial charge in [-0.1, -0.05) is 0 Å². The number of carbonyl (C=O) groups is 1. The van der Waals surface area contributed by atoms with Gasteiger partial charge in [-0.2, -0.15) is 0 Å². The molecule has 4 fully saturated rings. The molecule has 5 rings (SSSR count). The van der Waals surface area contributed by atoms with Gasteiger partial charge in [0.2, 0.25) is 5.91 Å². The van der Waals surface area contributed by atoms with Crippen LogP contribution in [0.15, 0.2) is 22.7 Å². The largest absolute Gasteiger partial charge is 0.398 e. The zero-order chi connectivity index (χ0) is 14.6. The van der Waals surface area contributed by atoms with Crippen molar-refractivity contribution >= 4 is 33.2 Å². The highest BCUT2D eigenvalue weighted by Crippen LogP contribution is 2.60. The van der Waals surface area contributed by atoms with Crippen molar-refractivity contribution in [2.45, 2.75) is 38.5 Å². The van der Waals surface area contributed by atoms with Crippen LogP contribution >= 0.6 is 15.9 Å². The number of nitrogens with two attached hydrogens (primary N) is 1. The molecule has 21 heavy (non-hydrogen) atoms. The Bertz CT molecular complexity index is 563. The first-order valence-corrected chi connectivity index (χ1v) is 8.70. The summed E-state index contributed by atoms with van der Waals surface area (Å²) in [5.74, 6) is 2.61. The first kappa shape index (κ1) is 13.6. The fraction of sp³-hybridized carbons (Fsp3) is 0.588. The molecule has 3 N–H and O–H groups in total. The number of amides is 1. The Kier molecular flexibility index (Phi) is 3.07. The van der Waals surface area contributed by atoms with Gasteiger partial charge in [-0.25, -0.2) is 0 Å². The van der Waals surface area contributed by atoms with Crippen molar-refractivity contribution in [2.24, 2.45) is 23.2 Å². The monoisotopic (exact) mass is 348 g/mol. The van der Waals surface area contributed by atoms with Crippen LogP contribution in [0.4, 0.5) is 11.4 Å². The maximum absolute atomic E-state index is 12.9. The molecular formula is C17H21BrN2O. The van der Waals surface area contributed by atoms with Gasteiger partial charge in [0.1, 0.15) is 0 Å². The Balaban J connectivity index is 1.56. The van der Waals surface area contributed by atoms with Crippen LogP contribution in [-0.2, 0) is 4.79 Å². The Morgan fingerprint density at radius 3 is 2.24 bits per heavy atom. The fourth-order valence-corrected chi connectivity index (χ4v) is 5.64. The highest BCUT2D eigenvalue weighted by atomic mass is 79.9. The predicted octanol–water partition coefficient (Wildman–Crippen LogP) is 4.19. The number of halogens is 1. The van der Waals surface area contributed by atoms with Crippen molar-refractivity contribution in [3.63, 3.8) is 0 Å². The van der Waals surface area contributed by atoms with E-state index in [1.807, 2.05) is 18.2 Å². The average Bonchev–Trinajstić information content (AvgIpc) is 2.41. The van der Waals surface area contributed by atoms with Gasteiger partial charge in [0.05, 0.1) is 5.41 Å². The molecule has 4 aliphatic carbocycles. The van der Waals surface area contributed by atoms with E-state index in [1.165, 1.54) is 19.3 Å². The maximum Gasteiger partial charge on any atom is 0.230 e. The van der Waals surface area contributed by atoms with Crippen molar-refractivity contribution in [3.8, 4) is 0 Å². The van der Waals surface area contributed by atoms with Gasteiger partial charge in [-0.3, -0.25) is 4.79 Å². The zero-order valence-corrected chi connectivity index (χ0v) is 13.7. The third-order valence-electron chi connectivity index (χ3n) is 5.78. The molecule has 1 aromatic rings. The summed E-state index contributed by atoms with van der Waals surface area (Å²) < 4.78 is 0.839. The van der Waals surface area contributed by atoms with Gasteiger partial charge in [-0.05, 0) is 90.4 Å². The van der Waals surface area contributed by atoms with Crippen molar-refractivity contribution in [2.75, 3.05) is 11.1 Å². The summed E-state index contributed by atoms with van der Waals surface area (Å²) in [7, 11) is 0. The molecule has 0 radical (unpaired) electrons. The van der Waals surface area contributed by atoms with Crippen molar-refractivity contribution in [3.05, 3.63) is 22.7 Å². The number of carbonyl (C=O) groups excluding carboxylic acids is 1. The summed E-state index contributed by atoms with van der Waals surface area (Å²) in [5, 5.41) is 3.14. The lowest BCUT2D eigenvalue weighted by Crippen LogP contribution is -2.51. The SMILES string of the molecule is Nc1ccc(NC(=O)C23CC4CC(CC(C4)C2)C3)cc1Br. The van der Waals surface area contributed by atoms with Gasteiger partial charge < -0.3 is 11.1 Å². The molecule has 0 saturated heterocycles. The summed E-state index contributed by atoms with van der Waals surface area (Å²) in [4.78, 5) is 12.9. The Morgan fingerprint density at radius 1 is 1.14 bits per heavy atom. The summed E-state index contributed by atoms with van der Waals surface area (Å²) >= 11 is 3.42. The van der Waals surface area contributed by atoms with E-state index in [0.717, 1.165) is 47.2 Å². The molecule has 0 unspecified atom stereocenters. The number of hydrogen-bond donors (Lipinski definition) is 2. The molecular weight excluding hydrogens is 328 g/mol. The minimum Gasteiger partial charge on any atom is -0.398 e. The van der Waals surface area contributed by atoms with E-state index >= 15 is 0 Å². The van der Waals surface area contributed by atoms with Gasteiger partial charge in [0, 0.05) is 15.8 Å². The second kappa shape index (κ2) is 4.73. The maximum atomic E-state index is 12.9. The summed E-state index contributed by atoms with van der Waals surface area (Å²) in [6.07, 6.45) is 7.38. The third kappa shape index (κ3) is 2.28. The molecule has 1 amide bonds. The average molecular weight is 349 g/mol. The first-order valence-electron chi connectivity index (χ1n) is 7.90. The summed E-state index contributed by atoms with van der Waals surface area (Å²) in [6.45, 7) is 0. The molecule has 0 atom stereocenters. The molecule has 0 aliphatic heterocycles. The van der Waals surface area contributed by atoms with Crippen LogP contribution in [0.3, 0.4) is 0 Å². The van der Waals surface area contributed by atoms with Crippen LogP contribution in [0.25, 0.3) is 0 Å². The van der Waals surface area contributed by atoms with Gasteiger partial charge >= 0.3 is 0 Å². The topological polar surface area (TPSA) is 55.1 Å². The molecule has 4 bridgehead atoms. The van der Waals surface area contributed by atoms with E-state index in [2.05, 4.69) is 21.2 Å². The van der Waals surface area contributed by atoms with Crippen molar-refractivity contribution < 1.29 is 4.79 Å². The quantitative estimate of drug-likeness (QED) is 0.787. The van der Waals surface area contributed by atoms with Crippen LogP contribution in [0.2, 0.25) is 0 Å². The minimum absolute atomic E-state index is 0.0946. The second-order valence-electron chi connectivity index (χ2n) is 7.39. The number of rotatable bonds is 2. The molecule has 4 saturated carbocycles. The minimum atomic E-state index is -0.0946. The molecule has 0 aromatic heterocycles. The Hall–Kier alpha value is -1.03. The van der Waals surface area contributed by atoms with Crippen molar-refractivity contribution in [1.82, 2.24) is 0 Å². The number of anilines is 2. The van der Waals surface area contributed by atoms with Crippen molar-refractivity contribution in [1.29, 1.82) is 0 Å². The van der Waals surface area contributed by atoms with Crippen LogP contribution in [-0.4, -0.2) is 5.91 Å². The third-order valence-corrected chi connectivity index (χ3v) is 6.46. The molecule has 3 nitrogen and oxygen atoms in total. The Morgan fingerprint density at radius 2 is 1.71 bits per heavy atom. The number of nitrogens with one attached hydrogen (secondary N) is 1. The van der Waals surface area contributed by atoms with E-state index in [0.29, 0.717) is 5.69 Å². The van der Waals surface area contributed by atoms with Crippen LogP contribution < -0.4 is 11.1 Å². The van der Waals surface area contributed by atoms with Crippen LogP contribution in [0.5, 0.6) is 0 Å². The van der Waals surface area contributed by atoms with E-state index in [1.54, 1.807) is 0 Å². The highest BCUT2D eigenvalue weighted by Gasteiger charge is 2.54. The highest BCUT2D eigenvalue weighted by molar-refractivity contribution is 9.10. The van der Waals surface area contributed by atoms with Crippen LogP contribution in [0, 0.1) is 23.2 Å². The van der Waals surface area contributed by atoms with E-state index in [9.17, 15) is 4.79 Å². The number of nitrogen functional groups attached to an aromatic ring is 1. The summed E-state index contributed by atoms with van der Waals surface area (Å²) in [5.41, 5.74) is 7.25. The molecule has 1 aromatic carbocycles. The lowest BCUT2D eigenvalue weighted by atomic mass is 9.49. The first-order chi connectivity index (χ1) is 10.0. The van der Waals surface area contributed by atoms with E-state index in [-0.39, 0.29) is 11.3 Å². The standard InChI is InChI=1S/C17H21BrN2O/c18-14-6-13(1-2-15(14)19)20-16(21)17-7-10-3-11(8-17)5-12(4-10)9-17/h1-2,6,10-12H,3-5,7-9,19H2,(H,20,21). The smallest absolute Gasteiger partial charge is 0.230 e. The Labute approximate surface area is 133 Å². The van der Waals surface area contributed by atoms with E-state index in [4.69, 9.17) is 5.73 Å². The summed E-state index contributed by atoms with van der Waals surface area (Å²) in [6, 6.07) is 5.62. The van der Waals surface area contributed by atoms with Gasteiger partial charge in [0.25, 0.3) is 0 Å². The molecule has 4 heteroatoms. The molecule has 0 heterocycles. The molecule has 4 aliphatic rings. The van der Waals surface area contributed by atoms with Crippen LogP contribution in [0.1, 0.15) is 38.5 Å². The molecule has 112 valence electrons. The lowest BCUT2D eigenvalue weighted by Gasteiger charge is -2.55. The fourth-order valence-electron chi connectivity index (χ4n) is 5.26. The van der Waals surface area contributed by atoms with Gasteiger partial charge in [0.15, 0.2) is 0 Å². The van der Waals surface area contributed by atoms with Gasteiger partial charge in [-0.15, -0.1) is 0 Å². The predicted molar refractivity (Wildman–Crippen MR) is 87.8 cm³/mol.